The Morgan fingerprint density at radius 3 is 3.00 bits per heavy atom. The van der Waals surface area contributed by atoms with Gasteiger partial charge >= 0.3 is 0 Å². The number of hydrogen-bond donors (Lipinski definition) is 2. The number of nitrogens with one attached hydrogen (secondary N) is 2. The highest BCUT2D eigenvalue weighted by Gasteiger charge is 2.02. The van der Waals surface area contributed by atoms with Crippen molar-refractivity contribution in [2.45, 2.75) is 6.54 Å². The molecular formula is C11H14BrN5. The third-order valence-electron chi connectivity index (χ3n) is 2.36. The average Bonchev–Trinajstić information content (AvgIpc) is 2.72. The molecular weight excluding hydrogens is 282 g/mol. The topological polar surface area (TPSA) is 53.7 Å². The van der Waals surface area contributed by atoms with Crippen LogP contribution in [-0.4, -0.2) is 29.4 Å². The number of pyridine rings is 1. The van der Waals surface area contributed by atoms with Gasteiger partial charge in [-0.1, -0.05) is 0 Å². The lowest BCUT2D eigenvalue weighted by molar-refractivity contribution is 0.845. The molecule has 2 heterocycles. The van der Waals surface area contributed by atoms with Crippen molar-refractivity contribution >= 4 is 27.5 Å². The normalized spacial score (nSPS) is 11.8. The molecule has 2 N–H and O–H groups in total. The molecule has 90 valence electrons. The average molecular weight is 296 g/mol. The summed E-state index contributed by atoms with van der Waals surface area (Å²) < 4.78 is 3.02. The predicted octanol–water partition coefficient (Wildman–Crippen LogP) is 1.39. The minimum atomic E-state index is 0.646. The molecule has 0 aliphatic rings. The van der Waals surface area contributed by atoms with Crippen LogP contribution in [0.1, 0.15) is 5.69 Å². The Morgan fingerprint density at radius 2 is 2.29 bits per heavy atom. The highest BCUT2D eigenvalue weighted by atomic mass is 79.9. The molecule has 0 spiro atoms. The second kappa shape index (κ2) is 5.18. The number of rotatable bonds is 2. The molecule has 0 fully saturated rings. The molecule has 0 amide bonds. The summed E-state index contributed by atoms with van der Waals surface area (Å²) in [6.45, 7) is 0.646. The van der Waals surface area contributed by atoms with Crippen molar-refractivity contribution in [3.63, 3.8) is 0 Å². The van der Waals surface area contributed by atoms with E-state index in [0.29, 0.717) is 6.54 Å². The zero-order valence-corrected chi connectivity index (χ0v) is 11.3. The SMILES string of the molecule is CN=C(NC)NCc1cn2cc(Br)ccc2n1. The molecule has 2 rings (SSSR count). The molecule has 0 aliphatic heterocycles. The van der Waals surface area contributed by atoms with Crippen LogP contribution in [0.2, 0.25) is 0 Å². The van der Waals surface area contributed by atoms with Crippen molar-refractivity contribution in [3.8, 4) is 0 Å². The summed E-state index contributed by atoms with van der Waals surface area (Å²) in [5.41, 5.74) is 1.91. The second-order valence-corrected chi connectivity index (χ2v) is 4.44. The van der Waals surface area contributed by atoms with E-state index in [0.717, 1.165) is 21.8 Å². The van der Waals surface area contributed by atoms with Crippen molar-refractivity contribution in [1.82, 2.24) is 20.0 Å². The van der Waals surface area contributed by atoms with E-state index >= 15 is 0 Å². The lowest BCUT2D eigenvalue weighted by atomic mass is 10.5. The molecule has 0 saturated carbocycles. The summed E-state index contributed by atoms with van der Waals surface area (Å²) in [6.07, 6.45) is 3.98. The molecule has 0 radical (unpaired) electrons. The number of aromatic nitrogens is 2. The molecule has 2 aromatic heterocycles. The van der Waals surface area contributed by atoms with Crippen molar-refractivity contribution < 1.29 is 0 Å². The van der Waals surface area contributed by atoms with Gasteiger partial charge < -0.3 is 15.0 Å². The van der Waals surface area contributed by atoms with Crippen molar-refractivity contribution in [2.24, 2.45) is 4.99 Å². The van der Waals surface area contributed by atoms with Crippen LogP contribution in [0.25, 0.3) is 5.65 Å². The van der Waals surface area contributed by atoms with Crippen LogP contribution in [-0.2, 0) is 6.54 Å². The quantitative estimate of drug-likeness (QED) is 0.650. The maximum Gasteiger partial charge on any atom is 0.191 e. The summed E-state index contributed by atoms with van der Waals surface area (Å²) in [6, 6.07) is 3.95. The largest absolute Gasteiger partial charge is 0.359 e. The Balaban J connectivity index is 2.14. The molecule has 0 unspecified atom stereocenters. The summed E-state index contributed by atoms with van der Waals surface area (Å²) in [4.78, 5) is 8.53. The number of hydrogen-bond acceptors (Lipinski definition) is 2. The summed E-state index contributed by atoms with van der Waals surface area (Å²) in [5.74, 6) is 0.753. The predicted molar refractivity (Wildman–Crippen MR) is 72.2 cm³/mol. The fourth-order valence-electron chi connectivity index (χ4n) is 1.56. The molecule has 2 aromatic rings. The van der Waals surface area contributed by atoms with E-state index in [4.69, 9.17) is 0 Å². The summed E-state index contributed by atoms with van der Waals surface area (Å²) in [7, 11) is 3.57. The Morgan fingerprint density at radius 1 is 1.47 bits per heavy atom. The number of halogens is 1. The molecule has 0 atom stereocenters. The molecule has 0 aliphatic carbocycles. The van der Waals surface area contributed by atoms with Gasteiger partial charge in [-0.25, -0.2) is 4.98 Å². The van der Waals surface area contributed by atoms with E-state index in [1.807, 2.05) is 36.0 Å². The van der Waals surface area contributed by atoms with Crippen molar-refractivity contribution in [1.29, 1.82) is 0 Å². The summed E-state index contributed by atoms with van der Waals surface area (Å²) >= 11 is 3.43. The molecule has 0 aromatic carbocycles. The Kier molecular flexibility index (Phi) is 3.63. The van der Waals surface area contributed by atoms with Crippen LogP contribution in [0.15, 0.2) is 34.0 Å². The third kappa shape index (κ3) is 2.76. The lowest BCUT2D eigenvalue weighted by Crippen LogP contribution is -2.34. The smallest absolute Gasteiger partial charge is 0.191 e. The van der Waals surface area contributed by atoms with Crippen LogP contribution in [0, 0.1) is 0 Å². The second-order valence-electron chi connectivity index (χ2n) is 3.52. The first-order valence-electron chi connectivity index (χ1n) is 5.24. The Labute approximate surface area is 108 Å². The van der Waals surface area contributed by atoms with Gasteiger partial charge in [0.25, 0.3) is 0 Å². The number of nitrogens with zero attached hydrogens (tertiary/aromatic N) is 3. The van der Waals surface area contributed by atoms with Crippen LogP contribution >= 0.6 is 15.9 Å². The van der Waals surface area contributed by atoms with Gasteiger partial charge in [-0.3, -0.25) is 4.99 Å². The molecule has 5 nitrogen and oxygen atoms in total. The third-order valence-corrected chi connectivity index (χ3v) is 2.83. The van der Waals surface area contributed by atoms with Gasteiger partial charge in [0, 0.05) is 31.0 Å². The minimum absolute atomic E-state index is 0.646. The van der Waals surface area contributed by atoms with Gasteiger partial charge in [0.2, 0.25) is 0 Å². The monoisotopic (exact) mass is 295 g/mol. The number of aliphatic imine (C=N–C) groups is 1. The van der Waals surface area contributed by atoms with Gasteiger partial charge in [-0.05, 0) is 28.1 Å². The van der Waals surface area contributed by atoms with E-state index < -0.39 is 0 Å². The number of fused-ring (bicyclic) bond motifs is 1. The van der Waals surface area contributed by atoms with E-state index in [1.54, 1.807) is 7.05 Å². The summed E-state index contributed by atoms with van der Waals surface area (Å²) in [5, 5.41) is 6.12. The van der Waals surface area contributed by atoms with Crippen LogP contribution < -0.4 is 10.6 Å². The highest BCUT2D eigenvalue weighted by molar-refractivity contribution is 9.10. The maximum atomic E-state index is 4.49. The first kappa shape index (κ1) is 11.9. The van der Waals surface area contributed by atoms with Crippen LogP contribution in [0.4, 0.5) is 0 Å². The van der Waals surface area contributed by atoms with E-state index in [1.165, 1.54) is 0 Å². The highest BCUT2D eigenvalue weighted by Crippen LogP contribution is 2.12. The fraction of sp³-hybridized carbons (Fsp3) is 0.273. The van der Waals surface area contributed by atoms with Gasteiger partial charge in [-0.15, -0.1) is 0 Å². The van der Waals surface area contributed by atoms with Crippen molar-refractivity contribution in [2.75, 3.05) is 14.1 Å². The first-order valence-corrected chi connectivity index (χ1v) is 6.04. The zero-order valence-electron chi connectivity index (χ0n) is 9.74. The minimum Gasteiger partial charge on any atom is -0.359 e. The van der Waals surface area contributed by atoms with Crippen LogP contribution in [0.5, 0.6) is 0 Å². The molecule has 6 heteroatoms. The molecule has 0 saturated heterocycles. The van der Waals surface area contributed by atoms with E-state index in [2.05, 4.69) is 36.5 Å². The van der Waals surface area contributed by atoms with Gasteiger partial charge in [-0.2, -0.15) is 0 Å². The van der Waals surface area contributed by atoms with Crippen molar-refractivity contribution in [3.05, 3.63) is 34.7 Å². The van der Waals surface area contributed by atoms with Gasteiger partial charge in [0.05, 0.1) is 12.2 Å². The Hall–Kier alpha value is -1.56. The number of guanidine groups is 1. The van der Waals surface area contributed by atoms with E-state index in [9.17, 15) is 0 Å². The zero-order chi connectivity index (χ0) is 12.3. The van der Waals surface area contributed by atoms with E-state index in [-0.39, 0.29) is 0 Å². The van der Waals surface area contributed by atoms with Gasteiger partial charge in [0.1, 0.15) is 5.65 Å². The Bertz CT molecular complexity index is 546. The lowest BCUT2D eigenvalue weighted by Gasteiger charge is -2.05. The molecule has 0 bridgehead atoms. The standard InChI is InChI=1S/C11H14BrN5/c1-13-11(14-2)15-5-9-7-17-6-8(12)3-4-10(17)16-9/h3-4,6-7H,5H2,1-2H3,(H2,13,14,15). The molecule has 17 heavy (non-hydrogen) atoms. The fourth-order valence-corrected chi connectivity index (χ4v) is 1.91. The van der Waals surface area contributed by atoms with Crippen LogP contribution in [0.3, 0.4) is 0 Å². The number of imidazole rings is 1. The van der Waals surface area contributed by atoms with Gasteiger partial charge in [0.15, 0.2) is 5.96 Å². The first-order chi connectivity index (χ1) is 8.22. The maximum absolute atomic E-state index is 4.49.